The lowest BCUT2D eigenvalue weighted by atomic mass is 9.94. The van der Waals surface area contributed by atoms with Crippen LogP contribution in [0.5, 0.6) is 0 Å². The monoisotopic (exact) mass is 300 g/mol. The van der Waals surface area contributed by atoms with Crippen molar-refractivity contribution in [3.8, 4) is 0 Å². The molecule has 0 bridgehead atoms. The van der Waals surface area contributed by atoms with Gasteiger partial charge in [0, 0.05) is 0 Å². The molecule has 0 unspecified atom stereocenters. The minimum atomic E-state index is -1.22. The average Bonchev–Trinajstić information content (AvgIpc) is 2.42. The van der Waals surface area contributed by atoms with Gasteiger partial charge in [-0.3, -0.25) is 9.59 Å². The molecule has 124 valence electrons. The number of rotatable bonds is 11. The van der Waals surface area contributed by atoms with Crippen LogP contribution < -0.4 is 0 Å². The minimum Gasteiger partial charge on any atom is -0.465 e. The van der Waals surface area contributed by atoms with Crippen molar-refractivity contribution in [2.75, 3.05) is 13.2 Å². The number of unbranched alkanes of at least 4 members (excludes halogenated alkanes) is 3. The van der Waals surface area contributed by atoms with Crippen molar-refractivity contribution in [1.82, 2.24) is 0 Å². The zero-order valence-corrected chi connectivity index (χ0v) is 14.4. The number of carbonyl (C=O) groups is 2. The summed E-state index contributed by atoms with van der Waals surface area (Å²) in [5.74, 6) is -0.400. The molecule has 0 saturated heterocycles. The highest BCUT2D eigenvalue weighted by molar-refractivity contribution is 5.99. The second kappa shape index (κ2) is 10.6. The Bertz CT molecular complexity index is 308. The van der Waals surface area contributed by atoms with Gasteiger partial charge in [-0.15, -0.1) is 0 Å². The van der Waals surface area contributed by atoms with Crippen LogP contribution >= 0.6 is 0 Å². The Kier molecular flexibility index (Phi) is 10.1. The number of hydrogen-bond donors (Lipinski definition) is 0. The number of carbonyl (C=O) groups excluding carboxylic acids is 2. The molecule has 21 heavy (non-hydrogen) atoms. The summed E-state index contributed by atoms with van der Waals surface area (Å²) in [6.45, 7) is 10.2. The summed E-state index contributed by atoms with van der Waals surface area (Å²) in [4.78, 5) is 23.9. The number of hydrogen-bond acceptors (Lipinski definition) is 4. The largest absolute Gasteiger partial charge is 0.465 e. The summed E-state index contributed by atoms with van der Waals surface area (Å²) in [7, 11) is 0. The molecule has 0 heterocycles. The van der Waals surface area contributed by atoms with E-state index in [-0.39, 0.29) is 0 Å². The summed E-state index contributed by atoms with van der Waals surface area (Å²) in [6, 6.07) is 0. The topological polar surface area (TPSA) is 52.6 Å². The first-order valence-electron chi connectivity index (χ1n) is 8.16. The Hall–Kier alpha value is -1.06. The molecule has 0 fully saturated rings. The molecule has 0 rings (SSSR count). The van der Waals surface area contributed by atoms with Crippen LogP contribution in [0.25, 0.3) is 0 Å². The highest BCUT2D eigenvalue weighted by atomic mass is 16.6. The van der Waals surface area contributed by atoms with Gasteiger partial charge in [0.15, 0.2) is 5.41 Å². The fraction of sp³-hybridized carbons (Fsp3) is 0.882. The molecule has 0 saturated carbocycles. The van der Waals surface area contributed by atoms with Crippen LogP contribution in [-0.4, -0.2) is 25.2 Å². The fourth-order valence-electron chi connectivity index (χ4n) is 1.79. The molecular weight excluding hydrogens is 268 g/mol. The molecule has 0 amide bonds. The maximum atomic E-state index is 12.0. The highest BCUT2D eigenvalue weighted by Crippen LogP contribution is 2.20. The summed E-state index contributed by atoms with van der Waals surface area (Å²) in [5, 5.41) is 0. The van der Waals surface area contributed by atoms with E-state index in [0.29, 0.717) is 19.1 Å². The van der Waals surface area contributed by atoms with E-state index < -0.39 is 17.4 Å². The predicted octanol–water partition coefficient (Wildman–Crippen LogP) is 4.12. The molecule has 0 aromatic carbocycles. The molecule has 0 atom stereocenters. The van der Waals surface area contributed by atoms with Crippen molar-refractivity contribution in [3.05, 3.63) is 0 Å². The summed E-state index contributed by atoms with van der Waals surface area (Å²) in [6.07, 6.45) is 6.01. The third kappa shape index (κ3) is 8.74. The van der Waals surface area contributed by atoms with Gasteiger partial charge in [-0.1, -0.05) is 40.0 Å². The summed E-state index contributed by atoms with van der Waals surface area (Å²) >= 11 is 0. The standard InChI is InChI=1S/C17H32O4/c1-6-7-8-9-12-20-15(18)17(4,5)16(19)21-13-10-11-14(2)3/h14H,6-13H2,1-5H3. The van der Waals surface area contributed by atoms with Gasteiger partial charge in [0.2, 0.25) is 0 Å². The second-order valence-electron chi connectivity index (χ2n) is 6.49. The van der Waals surface area contributed by atoms with Gasteiger partial charge in [-0.25, -0.2) is 0 Å². The quantitative estimate of drug-likeness (QED) is 0.327. The maximum absolute atomic E-state index is 12.0. The third-order valence-corrected chi connectivity index (χ3v) is 3.41. The Morgan fingerprint density at radius 2 is 1.43 bits per heavy atom. The SMILES string of the molecule is CCCCCCOC(=O)C(C)(C)C(=O)OCCCC(C)C. The zero-order valence-electron chi connectivity index (χ0n) is 14.4. The van der Waals surface area contributed by atoms with Crippen LogP contribution in [0.4, 0.5) is 0 Å². The van der Waals surface area contributed by atoms with Crippen molar-refractivity contribution in [1.29, 1.82) is 0 Å². The Balaban J connectivity index is 4.01. The van der Waals surface area contributed by atoms with E-state index in [0.717, 1.165) is 38.5 Å². The number of esters is 2. The Labute approximate surface area is 129 Å². The average molecular weight is 300 g/mol. The smallest absolute Gasteiger partial charge is 0.322 e. The van der Waals surface area contributed by atoms with Gasteiger partial charge in [0.25, 0.3) is 0 Å². The first-order valence-corrected chi connectivity index (χ1v) is 8.16. The van der Waals surface area contributed by atoms with Gasteiger partial charge >= 0.3 is 11.9 Å². The molecule has 0 N–H and O–H groups in total. The van der Waals surface area contributed by atoms with Gasteiger partial charge in [0.05, 0.1) is 13.2 Å². The van der Waals surface area contributed by atoms with E-state index >= 15 is 0 Å². The van der Waals surface area contributed by atoms with Gasteiger partial charge in [-0.05, 0) is 39.0 Å². The first kappa shape index (κ1) is 19.9. The normalized spacial score (nSPS) is 11.5. The van der Waals surface area contributed by atoms with Crippen molar-refractivity contribution < 1.29 is 19.1 Å². The van der Waals surface area contributed by atoms with E-state index in [2.05, 4.69) is 20.8 Å². The van der Waals surface area contributed by atoms with Gasteiger partial charge < -0.3 is 9.47 Å². The zero-order chi connectivity index (χ0) is 16.3. The first-order chi connectivity index (χ1) is 9.82. The molecule has 0 aliphatic heterocycles. The van der Waals surface area contributed by atoms with E-state index in [1.54, 1.807) is 13.8 Å². The lowest BCUT2D eigenvalue weighted by molar-refractivity contribution is -0.170. The molecule has 4 nitrogen and oxygen atoms in total. The molecule has 0 aromatic heterocycles. The van der Waals surface area contributed by atoms with Crippen molar-refractivity contribution in [2.45, 2.75) is 73.1 Å². The predicted molar refractivity (Wildman–Crippen MR) is 83.9 cm³/mol. The lowest BCUT2D eigenvalue weighted by Crippen LogP contribution is -2.37. The van der Waals surface area contributed by atoms with Crippen LogP contribution in [0.3, 0.4) is 0 Å². The minimum absolute atomic E-state index is 0.365. The Morgan fingerprint density at radius 1 is 0.905 bits per heavy atom. The molecular formula is C17H32O4. The summed E-state index contributed by atoms with van der Waals surface area (Å²) < 4.78 is 10.4. The second-order valence-corrected chi connectivity index (χ2v) is 6.49. The van der Waals surface area contributed by atoms with Crippen molar-refractivity contribution in [3.63, 3.8) is 0 Å². The van der Waals surface area contributed by atoms with Crippen LogP contribution in [0.1, 0.15) is 73.1 Å². The molecule has 0 radical (unpaired) electrons. The summed E-state index contributed by atoms with van der Waals surface area (Å²) in [5.41, 5.74) is -1.22. The van der Waals surface area contributed by atoms with Crippen LogP contribution in [-0.2, 0) is 19.1 Å². The molecule has 4 heteroatoms. The van der Waals surface area contributed by atoms with Crippen molar-refractivity contribution in [2.24, 2.45) is 11.3 Å². The van der Waals surface area contributed by atoms with Gasteiger partial charge in [-0.2, -0.15) is 0 Å². The lowest BCUT2D eigenvalue weighted by Gasteiger charge is -2.21. The third-order valence-electron chi connectivity index (χ3n) is 3.41. The van der Waals surface area contributed by atoms with E-state index in [4.69, 9.17) is 9.47 Å². The highest BCUT2D eigenvalue weighted by Gasteiger charge is 2.39. The van der Waals surface area contributed by atoms with E-state index in [9.17, 15) is 9.59 Å². The van der Waals surface area contributed by atoms with E-state index in [1.807, 2.05) is 0 Å². The number of ether oxygens (including phenoxy) is 2. The van der Waals surface area contributed by atoms with Crippen LogP contribution in [0.2, 0.25) is 0 Å². The Morgan fingerprint density at radius 3 is 1.90 bits per heavy atom. The molecule has 0 spiro atoms. The van der Waals surface area contributed by atoms with Crippen LogP contribution in [0.15, 0.2) is 0 Å². The van der Waals surface area contributed by atoms with Gasteiger partial charge in [0.1, 0.15) is 0 Å². The van der Waals surface area contributed by atoms with Crippen LogP contribution in [0, 0.1) is 11.3 Å². The van der Waals surface area contributed by atoms with Crippen molar-refractivity contribution >= 4 is 11.9 Å². The molecule has 0 aliphatic carbocycles. The fourth-order valence-corrected chi connectivity index (χ4v) is 1.79. The maximum Gasteiger partial charge on any atom is 0.322 e. The molecule has 0 aromatic rings. The van der Waals surface area contributed by atoms with E-state index in [1.165, 1.54) is 0 Å². The molecule has 0 aliphatic rings.